The van der Waals surface area contributed by atoms with Gasteiger partial charge < -0.3 is 19.9 Å². The third-order valence-electron chi connectivity index (χ3n) is 12.2. The molecule has 0 fully saturated rings. The molecule has 0 radical (unpaired) electrons. The van der Waals surface area contributed by atoms with Crippen molar-refractivity contribution in [3.63, 3.8) is 0 Å². The maximum Gasteiger partial charge on any atom is 0.269 e. The van der Waals surface area contributed by atoms with Crippen LogP contribution in [0.25, 0.3) is 0 Å². The smallest absolute Gasteiger partial charge is 0.269 e. The number of aromatic amines is 4. The summed E-state index contributed by atoms with van der Waals surface area (Å²) in [7, 11) is 0. The Morgan fingerprint density at radius 1 is 0.478 bits per heavy atom. The van der Waals surface area contributed by atoms with E-state index < -0.39 is 5.41 Å². The summed E-state index contributed by atoms with van der Waals surface area (Å²) in [6, 6.07) is 25.2. The van der Waals surface area contributed by atoms with Crippen molar-refractivity contribution < 1.29 is 4.92 Å². The lowest BCUT2D eigenvalue weighted by atomic mass is 9.75. The molecule has 7 nitrogen and oxygen atoms in total. The lowest BCUT2D eigenvalue weighted by Crippen LogP contribution is -2.32. The summed E-state index contributed by atoms with van der Waals surface area (Å²) in [5, 5.41) is 11.6. The van der Waals surface area contributed by atoms with Crippen molar-refractivity contribution in [2.24, 2.45) is 0 Å². The van der Waals surface area contributed by atoms with Crippen molar-refractivity contribution in [1.29, 1.82) is 0 Å². The Morgan fingerprint density at radius 3 is 1.00 bits per heavy atom. The van der Waals surface area contributed by atoms with Crippen LogP contribution in [0.1, 0.15) is 138 Å². The van der Waals surface area contributed by atoms with Gasteiger partial charge in [-0.05, 0) is 99.5 Å². The van der Waals surface area contributed by atoms with Gasteiger partial charge in [0.1, 0.15) is 0 Å². The topological polar surface area (TPSA) is 106 Å². The highest BCUT2D eigenvalue weighted by Crippen LogP contribution is 2.47. The average molecular weight is 620 g/mol. The largest absolute Gasteiger partial charge is 0.361 e. The molecule has 0 saturated heterocycles. The molecule has 1 aliphatic rings. The van der Waals surface area contributed by atoms with Gasteiger partial charge in [-0.15, -0.1) is 0 Å². The number of benzene rings is 1. The van der Waals surface area contributed by atoms with Crippen molar-refractivity contribution in [2.75, 3.05) is 0 Å². The van der Waals surface area contributed by atoms with Crippen LogP contribution in [0, 0.1) is 10.1 Å². The molecule has 0 amide bonds. The molecule has 1 aliphatic heterocycles. The van der Waals surface area contributed by atoms with Gasteiger partial charge in [-0.1, -0.05) is 53.7 Å². The van der Waals surface area contributed by atoms with Crippen molar-refractivity contribution in [3.8, 4) is 0 Å². The Labute approximate surface area is 272 Å². The lowest BCUT2D eigenvalue weighted by molar-refractivity contribution is -0.384. The quantitative estimate of drug-likeness (QED) is 0.102. The first-order valence-electron chi connectivity index (χ1n) is 17.2. The molecule has 1 aromatic carbocycles. The second kappa shape index (κ2) is 11.5. The summed E-state index contributed by atoms with van der Waals surface area (Å²) in [5.74, 6) is 0. The second-order valence-corrected chi connectivity index (χ2v) is 13.4. The fourth-order valence-corrected chi connectivity index (χ4v) is 8.68. The molecule has 46 heavy (non-hydrogen) atoms. The standard InChI is InChI=1S/C39H49N5O2/c1-8-37(9-2)30-20-18-28(40-30)36(7,26-14-16-27(17-15-26)44(45)46)29-19-21-31(41-29)38(10-3,11-4)33-23-25-35(43-33)39(12-5,13-6)34-24-22-32(37)42-34/h14-25,40-43H,8-13H2,1-7H3. The molecule has 8 bridgehead atoms. The van der Waals surface area contributed by atoms with Gasteiger partial charge >= 0.3 is 0 Å². The van der Waals surface area contributed by atoms with Crippen LogP contribution in [0.2, 0.25) is 0 Å². The molecule has 5 aromatic rings. The number of H-pyrrole nitrogens is 4. The summed E-state index contributed by atoms with van der Waals surface area (Å²) in [6.07, 6.45) is 5.67. The molecule has 0 unspecified atom stereocenters. The number of hydrogen-bond donors (Lipinski definition) is 4. The Hall–Kier alpha value is -4.26. The number of nitro groups is 1. The monoisotopic (exact) mass is 619 g/mol. The minimum absolute atomic E-state index is 0.0900. The first-order chi connectivity index (χ1) is 22.1. The number of non-ortho nitro benzene ring substituents is 1. The van der Waals surface area contributed by atoms with Gasteiger partial charge in [0.25, 0.3) is 5.69 Å². The first-order valence-corrected chi connectivity index (χ1v) is 17.2. The van der Waals surface area contributed by atoms with Crippen LogP contribution in [0.15, 0.2) is 72.8 Å². The molecule has 0 atom stereocenters. The third-order valence-corrected chi connectivity index (χ3v) is 12.2. The van der Waals surface area contributed by atoms with E-state index in [4.69, 9.17) is 0 Å². The molecule has 0 aliphatic carbocycles. The number of hydrogen-bond acceptors (Lipinski definition) is 2. The normalized spacial score (nSPS) is 17.5. The van der Waals surface area contributed by atoms with E-state index in [2.05, 4.69) is 117 Å². The van der Waals surface area contributed by atoms with Crippen LogP contribution in [-0.4, -0.2) is 24.9 Å². The molecular weight excluding hydrogens is 570 g/mol. The number of nitrogens with one attached hydrogen (secondary N) is 4. The number of fused-ring (bicyclic) bond motifs is 8. The number of aromatic nitrogens is 4. The first kappa shape index (κ1) is 31.7. The van der Waals surface area contributed by atoms with Crippen LogP contribution in [0.5, 0.6) is 0 Å². The lowest BCUT2D eigenvalue weighted by Gasteiger charge is -2.35. The SMILES string of the molecule is CCC1(CC)c2ccc([nH]2)C(CC)(CC)c2ccc([nH]2)C(C)(c2ccc([N+](=O)[O-])cc2)c2ccc([nH]2)C(CC)(CC)c2ccc1[nH]2. The highest BCUT2D eigenvalue weighted by Gasteiger charge is 2.43. The molecular formula is C39H49N5O2. The summed E-state index contributed by atoms with van der Waals surface area (Å²) in [6.45, 7) is 15.9. The van der Waals surface area contributed by atoms with E-state index in [0.29, 0.717) is 0 Å². The van der Waals surface area contributed by atoms with Crippen LogP contribution < -0.4 is 0 Å². The zero-order valence-electron chi connectivity index (χ0n) is 28.4. The Kier molecular flexibility index (Phi) is 7.94. The Morgan fingerprint density at radius 2 is 0.739 bits per heavy atom. The van der Waals surface area contributed by atoms with Gasteiger partial charge in [-0.3, -0.25) is 10.1 Å². The zero-order chi connectivity index (χ0) is 32.9. The van der Waals surface area contributed by atoms with Gasteiger partial charge in [-0.2, -0.15) is 0 Å². The molecule has 7 heteroatoms. The number of rotatable bonds is 8. The highest BCUT2D eigenvalue weighted by atomic mass is 16.6. The maximum atomic E-state index is 11.6. The Balaban J connectivity index is 1.68. The third kappa shape index (κ3) is 4.30. The van der Waals surface area contributed by atoms with Crippen LogP contribution in [-0.2, 0) is 21.7 Å². The van der Waals surface area contributed by atoms with E-state index in [1.807, 2.05) is 12.1 Å². The summed E-state index contributed by atoms with van der Waals surface area (Å²) in [5.41, 5.74) is 9.21. The molecule has 4 aromatic heterocycles. The average Bonchev–Trinajstić information content (AvgIpc) is 3.92. The molecule has 0 saturated carbocycles. The van der Waals surface area contributed by atoms with Crippen LogP contribution in [0.3, 0.4) is 0 Å². The van der Waals surface area contributed by atoms with Crippen molar-refractivity contribution in [1.82, 2.24) is 19.9 Å². The summed E-state index contributed by atoms with van der Waals surface area (Å²) < 4.78 is 0. The predicted octanol–water partition coefficient (Wildman–Crippen LogP) is 9.89. The second-order valence-electron chi connectivity index (χ2n) is 13.4. The number of nitro benzene ring substituents is 1. The van der Waals surface area contributed by atoms with Crippen molar-refractivity contribution >= 4 is 5.69 Å². The van der Waals surface area contributed by atoms with E-state index >= 15 is 0 Å². The highest BCUT2D eigenvalue weighted by molar-refractivity contribution is 5.51. The molecule has 4 N–H and O–H groups in total. The summed E-state index contributed by atoms with van der Waals surface area (Å²) >= 11 is 0. The van der Waals surface area contributed by atoms with Gasteiger partial charge in [0, 0.05) is 73.9 Å². The van der Waals surface area contributed by atoms with Crippen molar-refractivity contribution in [2.45, 2.75) is 109 Å². The van der Waals surface area contributed by atoms with E-state index in [1.54, 1.807) is 12.1 Å². The fourth-order valence-electron chi connectivity index (χ4n) is 8.68. The van der Waals surface area contributed by atoms with E-state index in [1.165, 1.54) is 34.2 Å². The van der Waals surface area contributed by atoms with E-state index in [-0.39, 0.29) is 26.9 Å². The van der Waals surface area contributed by atoms with Crippen LogP contribution in [0.4, 0.5) is 5.69 Å². The molecule has 242 valence electrons. The van der Waals surface area contributed by atoms with Gasteiger partial charge in [0.15, 0.2) is 0 Å². The maximum absolute atomic E-state index is 11.6. The fraction of sp³-hybridized carbons (Fsp3) is 0.436. The minimum Gasteiger partial charge on any atom is -0.361 e. The van der Waals surface area contributed by atoms with Crippen LogP contribution >= 0.6 is 0 Å². The predicted molar refractivity (Wildman–Crippen MR) is 186 cm³/mol. The molecule has 0 spiro atoms. The zero-order valence-corrected chi connectivity index (χ0v) is 28.4. The van der Waals surface area contributed by atoms with E-state index in [9.17, 15) is 10.1 Å². The number of nitrogens with zero attached hydrogens (tertiary/aromatic N) is 1. The Bertz CT molecular complexity index is 1720. The minimum atomic E-state index is -0.621. The van der Waals surface area contributed by atoms with E-state index in [0.717, 1.165) is 55.5 Å². The summed E-state index contributed by atoms with van der Waals surface area (Å²) in [4.78, 5) is 27.1. The van der Waals surface area contributed by atoms with Gasteiger partial charge in [0.2, 0.25) is 0 Å². The molecule has 5 heterocycles. The molecule has 6 rings (SSSR count). The van der Waals surface area contributed by atoms with Gasteiger partial charge in [0.05, 0.1) is 10.3 Å². The van der Waals surface area contributed by atoms with Crippen molar-refractivity contribution in [3.05, 3.63) is 134 Å². The van der Waals surface area contributed by atoms with Gasteiger partial charge in [-0.25, -0.2) is 0 Å².